The van der Waals surface area contributed by atoms with E-state index >= 15 is 0 Å². The van der Waals surface area contributed by atoms with Gasteiger partial charge in [0.15, 0.2) is 6.61 Å². The lowest BCUT2D eigenvalue weighted by atomic mass is 10.1. The van der Waals surface area contributed by atoms with E-state index in [2.05, 4.69) is 6.07 Å². The molecule has 1 aromatic rings. The first kappa shape index (κ1) is 15.8. The van der Waals surface area contributed by atoms with Crippen molar-refractivity contribution < 1.29 is 14.6 Å². The molecule has 1 aromatic carbocycles. The van der Waals surface area contributed by atoms with E-state index in [0.717, 1.165) is 18.6 Å². The maximum atomic E-state index is 12.1. The Labute approximate surface area is 126 Å². The molecule has 21 heavy (non-hydrogen) atoms. The third-order valence-electron chi connectivity index (χ3n) is 3.74. The number of aliphatic hydroxyl groups is 1. The van der Waals surface area contributed by atoms with E-state index in [1.807, 2.05) is 19.1 Å². The molecule has 0 unspecified atom stereocenters. The fourth-order valence-electron chi connectivity index (χ4n) is 2.72. The molecule has 0 aliphatic heterocycles. The molecule has 0 heterocycles. The van der Waals surface area contributed by atoms with Crippen molar-refractivity contribution in [3.8, 4) is 5.75 Å². The zero-order valence-corrected chi connectivity index (χ0v) is 13.2. The molecule has 1 aliphatic carbocycles. The van der Waals surface area contributed by atoms with E-state index in [4.69, 9.17) is 4.74 Å². The lowest BCUT2D eigenvalue weighted by Gasteiger charge is -2.28. The van der Waals surface area contributed by atoms with Crippen LogP contribution in [-0.2, 0) is 17.6 Å². The van der Waals surface area contributed by atoms with E-state index in [1.165, 1.54) is 17.5 Å². The van der Waals surface area contributed by atoms with E-state index in [9.17, 15) is 9.90 Å². The SMILES string of the molecule is CCN(CC(C)(C)O)C(=O)COc1ccc2c(c1)CCC2. The van der Waals surface area contributed by atoms with Crippen molar-refractivity contribution in [1.82, 2.24) is 4.90 Å². The number of aryl methyl sites for hydroxylation is 2. The largest absolute Gasteiger partial charge is 0.484 e. The highest BCUT2D eigenvalue weighted by molar-refractivity contribution is 5.77. The van der Waals surface area contributed by atoms with Gasteiger partial charge in [-0.2, -0.15) is 0 Å². The number of carbonyl (C=O) groups is 1. The van der Waals surface area contributed by atoms with E-state index in [1.54, 1.807) is 18.7 Å². The first-order chi connectivity index (χ1) is 9.89. The molecule has 0 fully saturated rings. The van der Waals surface area contributed by atoms with Crippen LogP contribution in [0, 0.1) is 0 Å². The summed E-state index contributed by atoms with van der Waals surface area (Å²) < 4.78 is 5.62. The Hall–Kier alpha value is -1.55. The van der Waals surface area contributed by atoms with Crippen LogP contribution in [0.15, 0.2) is 18.2 Å². The van der Waals surface area contributed by atoms with Crippen molar-refractivity contribution in [2.45, 2.75) is 45.6 Å². The average molecular weight is 291 g/mol. The van der Waals surface area contributed by atoms with Gasteiger partial charge in [0, 0.05) is 13.1 Å². The van der Waals surface area contributed by atoms with E-state index < -0.39 is 5.60 Å². The van der Waals surface area contributed by atoms with Gasteiger partial charge in [-0.1, -0.05) is 6.07 Å². The van der Waals surface area contributed by atoms with Crippen LogP contribution in [0.1, 0.15) is 38.3 Å². The smallest absolute Gasteiger partial charge is 0.260 e. The number of hydrogen-bond acceptors (Lipinski definition) is 3. The van der Waals surface area contributed by atoms with Gasteiger partial charge < -0.3 is 14.7 Å². The van der Waals surface area contributed by atoms with Crippen LogP contribution in [0.4, 0.5) is 0 Å². The van der Waals surface area contributed by atoms with Crippen molar-refractivity contribution in [3.63, 3.8) is 0 Å². The van der Waals surface area contributed by atoms with Gasteiger partial charge in [0.25, 0.3) is 5.91 Å². The minimum atomic E-state index is -0.890. The number of fused-ring (bicyclic) bond motifs is 1. The Morgan fingerprint density at radius 2 is 2.05 bits per heavy atom. The average Bonchev–Trinajstić information content (AvgIpc) is 2.88. The third kappa shape index (κ3) is 4.46. The molecule has 4 nitrogen and oxygen atoms in total. The molecule has 0 bridgehead atoms. The minimum Gasteiger partial charge on any atom is -0.484 e. The number of rotatable bonds is 6. The molecule has 1 N–H and O–H groups in total. The Morgan fingerprint density at radius 1 is 1.33 bits per heavy atom. The standard InChI is InChI=1S/C17H25NO3/c1-4-18(12-17(2,3)20)16(19)11-21-15-9-8-13-6-5-7-14(13)10-15/h8-10,20H,4-7,11-12H2,1-3H3. The van der Waals surface area contributed by atoms with Gasteiger partial charge in [0.2, 0.25) is 0 Å². The number of benzene rings is 1. The Kier molecular flexibility index (Phi) is 4.88. The van der Waals surface area contributed by atoms with Crippen LogP contribution < -0.4 is 4.74 Å². The van der Waals surface area contributed by atoms with Crippen LogP contribution in [0.5, 0.6) is 5.75 Å². The summed E-state index contributed by atoms with van der Waals surface area (Å²) in [6, 6.07) is 6.07. The number of hydrogen-bond donors (Lipinski definition) is 1. The van der Waals surface area contributed by atoms with Crippen LogP contribution in [-0.4, -0.2) is 41.2 Å². The highest BCUT2D eigenvalue weighted by Crippen LogP contribution is 2.26. The van der Waals surface area contributed by atoms with Crippen LogP contribution in [0.3, 0.4) is 0 Å². The second-order valence-electron chi connectivity index (χ2n) is 6.29. The molecule has 0 aromatic heterocycles. The maximum Gasteiger partial charge on any atom is 0.260 e. The van der Waals surface area contributed by atoms with Gasteiger partial charge in [0.05, 0.1) is 5.60 Å². The summed E-state index contributed by atoms with van der Waals surface area (Å²) in [6.07, 6.45) is 3.44. The summed E-state index contributed by atoms with van der Waals surface area (Å²) in [5, 5.41) is 9.82. The quantitative estimate of drug-likeness (QED) is 0.874. The number of ether oxygens (including phenoxy) is 1. The molecular weight excluding hydrogens is 266 g/mol. The monoisotopic (exact) mass is 291 g/mol. The summed E-state index contributed by atoms with van der Waals surface area (Å²) in [5.41, 5.74) is 1.84. The van der Waals surface area contributed by atoms with Crippen LogP contribution in [0.25, 0.3) is 0 Å². The predicted molar refractivity (Wildman–Crippen MR) is 82.5 cm³/mol. The summed E-state index contributed by atoms with van der Waals surface area (Å²) in [6.45, 7) is 6.20. The number of amides is 1. The molecule has 0 radical (unpaired) electrons. The van der Waals surface area contributed by atoms with Crippen molar-refractivity contribution in [2.24, 2.45) is 0 Å². The van der Waals surface area contributed by atoms with Gasteiger partial charge in [-0.3, -0.25) is 4.79 Å². The Balaban J connectivity index is 1.91. The fraction of sp³-hybridized carbons (Fsp3) is 0.588. The summed E-state index contributed by atoms with van der Waals surface area (Å²) >= 11 is 0. The molecular formula is C17H25NO3. The maximum absolute atomic E-state index is 12.1. The molecule has 2 rings (SSSR count). The van der Waals surface area contributed by atoms with Crippen molar-refractivity contribution in [2.75, 3.05) is 19.7 Å². The van der Waals surface area contributed by atoms with Crippen molar-refractivity contribution in [3.05, 3.63) is 29.3 Å². The van der Waals surface area contributed by atoms with Crippen molar-refractivity contribution >= 4 is 5.91 Å². The third-order valence-corrected chi connectivity index (χ3v) is 3.74. The lowest BCUT2D eigenvalue weighted by molar-refractivity contribution is -0.136. The summed E-state index contributed by atoms with van der Waals surface area (Å²) in [7, 11) is 0. The molecule has 0 saturated heterocycles. The van der Waals surface area contributed by atoms with Gasteiger partial charge >= 0.3 is 0 Å². The number of nitrogens with zero attached hydrogens (tertiary/aromatic N) is 1. The van der Waals surface area contributed by atoms with Gasteiger partial charge in [-0.15, -0.1) is 0 Å². The second kappa shape index (κ2) is 6.48. The Morgan fingerprint density at radius 3 is 2.71 bits per heavy atom. The molecule has 0 atom stereocenters. The number of likely N-dealkylation sites (N-methyl/N-ethyl adjacent to an activating group) is 1. The number of carbonyl (C=O) groups excluding carboxylic acids is 1. The zero-order valence-electron chi connectivity index (χ0n) is 13.2. The van der Waals surface area contributed by atoms with Gasteiger partial charge in [-0.05, 0) is 63.3 Å². The topological polar surface area (TPSA) is 49.8 Å². The first-order valence-electron chi connectivity index (χ1n) is 7.64. The minimum absolute atomic E-state index is 0.0166. The zero-order chi connectivity index (χ0) is 15.5. The van der Waals surface area contributed by atoms with E-state index in [-0.39, 0.29) is 12.5 Å². The van der Waals surface area contributed by atoms with Crippen LogP contribution >= 0.6 is 0 Å². The predicted octanol–water partition coefficient (Wildman–Crippen LogP) is 2.17. The molecule has 116 valence electrons. The normalized spacial score (nSPS) is 13.9. The molecule has 0 saturated carbocycles. The molecule has 4 heteroatoms. The highest BCUT2D eigenvalue weighted by atomic mass is 16.5. The van der Waals surface area contributed by atoms with E-state index in [0.29, 0.717) is 13.1 Å². The van der Waals surface area contributed by atoms with Crippen LogP contribution in [0.2, 0.25) is 0 Å². The van der Waals surface area contributed by atoms with Crippen molar-refractivity contribution in [1.29, 1.82) is 0 Å². The van der Waals surface area contributed by atoms with Gasteiger partial charge in [0.1, 0.15) is 5.75 Å². The Bertz CT molecular complexity index is 505. The molecule has 1 amide bonds. The second-order valence-corrected chi connectivity index (χ2v) is 6.29. The summed E-state index contributed by atoms with van der Waals surface area (Å²) in [4.78, 5) is 13.8. The fourth-order valence-corrected chi connectivity index (χ4v) is 2.72. The molecule has 1 aliphatic rings. The highest BCUT2D eigenvalue weighted by Gasteiger charge is 2.21. The molecule has 0 spiro atoms. The summed E-state index contributed by atoms with van der Waals surface area (Å²) in [5.74, 6) is 0.656. The first-order valence-corrected chi connectivity index (χ1v) is 7.64. The van der Waals surface area contributed by atoms with Gasteiger partial charge in [-0.25, -0.2) is 0 Å². The lowest BCUT2D eigenvalue weighted by Crippen LogP contribution is -2.44.